The smallest absolute Gasteiger partial charge is 0.323 e. The zero-order chi connectivity index (χ0) is 9.68. The molecule has 0 spiro atoms. The number of rotatable bonds is 3. The predicted molar refractivity (Wildman–Crippen MR) is 49.0 cm³/mol. The summed E-state index contributed by atoms with van der Waals surface area (Å²) in [5, 5.41) is 15.4. The number of nitrogens with one attached hydrogen (secondary N) is 2. The number of carbonyl (C=O) groups excluding carboxylic acids is 1. The summed E-state index contributed by atoms with van der Waals surface area (Å²) < 4.78 is 0. The van der Waals surface area contributed by atoms with Crippen molar-refractivity contribution in [2.45, 2.75) is 0 Å². The number of aliphatic carboxylic acids is 1. The van der Waals surface area contributed by atoms with E-state index in [1.54, 1.807) is 12.1 Å². The minimum Gasteiger partial charge on any atom is -0.480 e. The molecule has 70 valence electrons. The fraction of sp³-hybridized carbons (Fsp3) is 0.143. The second-order valence-electron chi connectivity index (χ2n) is 2.18. The lowest BCUT2D eigenvalue weighted by atomic mass is 10.6. The molecule has 0 radical (unpaired) electrons. The highest BCUT2D eigenvalue weighted by atomic mass is 32.1. The van der Waals surface area contributed by atoms with Gasteiger partial charge >= 0.3 is 12.0 Å². The van der Waals surface area contributed by atoms with Crippen LogP contribution in [0.25, 0.3) is 0 Å². The highest BCUT2D eigenvalue weighted by Gasteiger charge is 2.03. The first-order valence-electron chi connectivity index (χ1n) is 3.48. The third-order valence-corrected chi connectivity index (χ3v) is 1.94. The largest absolute Gasteiger partial charge is 0.480 e. The molecule has 3 N–H and O–H groups in total. The number of anilines is 1. The summed E-state index contributed by atoms with van der Waals surface area (Å²) in [7, 11) is 0. The van der Waals surface area contributed by atoms with Gasteiger partial charge in [-0.15, -0.1) is 11.3 Å². The van der Waals surface area contributed by atoms with E-state index < -0.39 is 12.0 Å². The topological polar surface area (TPSA) is 78.4 Å². The summed E-state index contributed by atoms with van der Waals surface area (Å²) in [4.78, 5) is 21.0. The molecule has 0 aliphatic rings. The molecule has 13 heavy (non-hydrogen) atoms. The van der Waals surface area contributed by atoms with Crippen molar-refractivity contribution in [2.75, 3.05) is 11.9 Å². The van der Waals surface area contributed by atoms with Gasteiger partial charge in [-0.2, -0.15) is 0 Å². The summed E-state index contributed by atoms with van der Waals surface area (Å²) in [6.45, 7) is -0.378. The Bertz CT molecular complexity index is 297. The summed E-state index contributed by atoms with van der Waals surface area (Å²) in [5.74, 6) is -1.07. The van der Waals surface area contributed by atoms with Crippen LogP contribution >= 0.6 is 11.3 Å². The number of carboxylic acids is 1. The van der Waals surface area contributed by atoms with E-state index in [-0.39, 0.29) is 6.54 Å². The minimum atomic E-state index is -1.07. The van der Waals surface area contributed by atoms with Crippen LogP contribution in [-0.4, -0.2) is 23.7 Å². The van der Waals surface area contributed by atoms with E-state index in [1.165, 1.54) is 11.3 Å². The van der Waals surface area contributed by atoms with Gasteiger partial charge in [0.05, 0.1) is 5.00 Å². The predicted octanol–water partition coefficient (Wildman–Crippen LogP) is 0.954. The van der Waals surface area contributed by atoms with Gasteiger partial charge in [-0.3, -0.25) is 10.1 Å². The van der Waals surface area contributed by atoms with Gasteiger partial charge in [0.15, 0.2) is 0 Å². The summed E-state index contributed by atoms with van der Waals surface area (Å²) in [6, 6.07) is 3.01. The highest BCUT2D eigenvalue weighted by Crippen LogP contribution is 2.14. The highest BCUT2D eigenvalue weighted by molar-refractivity contribution is 7.14. The van der Waals surface area contributed by atoms with Crippen molar-refractivity contribution < 1.29 is 14.7 Å². The molecular weight excluding hydrogens is 192 g/mol. The molecule has 1 rings (SSSR count). The van der Waals surface area contributed by atoms with Crippen LogP contribution in [0.2, 0.25) is 0 Å². The average Bonchev–Trinajstić information content (AvgIpc) is 2.53. The third-order valence-electron chi connectivity index (χ3n) is 1.16. The zero-order valence-corrected chi connectivity index (χ0v) is 7.43. The molecule has 0 saturated carbocycles. The van der Waals surface area contributed by atoms with Crippen LogP contribution in [0.15, 0.2) is 17.5 Å². The number of carbonyl (C=O) groups is 2. The van der Waals surface area contributed by atoms with Crippen LogP contribution in [0.1, 0.15) is 0 Å². The first kappa shape index (κ1) is 9.53. The minimum absolute atomic E-state index is 0.378. The molecule has 0 aliphatic heterocycles. The molecule has 0 saturated heterocycles. The van der Waals surface area contributed by atoms with Gasteiger partial charge in [0.1, 0.15) is 6.54 Å². The van der Waals surface area contributed by atoms with Crippen LogP contribution in [0.4, 0.5) is 9.80 Å². The van der Waals surface area contributed by atoms with Crippen molar-refractivity contribution in [3.05, 3.63) is 17.5 Å². The van der Waals surface area contributed by atoms with Gasteiger partial charge in [0.25, 0.3) is 0 Å². The molecular formula is C7H8N2O3S. The van der Waals surface area contributed by atoms with E-state index in [2.05, 4.69) is 10.6 Å². The fourth-order valence-corrected chi connectivity index (χ4v) is 1.27. The Kier molecular flexibility index (Phi) is 3.27. The Morgan fingerprint density at radius 3 is 2.85 bits per heavy atom. The Labute approximate surface area is 78.4 Å². The normalized spacial score (nSPS) is 9.23. The molecule has 5 nitrogen and oxygen atoms in total. The van der Waals surface area contributed by atoms with E-state index in [0.717, 1.165) is 0 Å². The van der Waals surface area contributed by atoms with Crippen molar-refractivity contribution in [3.63, 3.8) is 0 Å². The lowest BCUT2D eigenvalue weighted by Gasteiger charge is -2.01. The first-order valence-corrected chi connectivity index (χ1v) is 4.36. The van der Waals surface area contributed by atoms with Crippen LogP contribution in [0.3, 0.4) is 0 Å². The Morgan fingerprint density at radius 2 is 2.31 bits per heavy atom. The molecule has 1 aromatic heterocycles. The van der Waals surface area contributed by atoms with Crippen molar-refractivity contribution in [2.24, 2.45) is 0 Å². The van der Waals surface area contributed by atoms with Gasteiger partial charge in [0.2, 0.25) is 0 Å². The van der Waals surface area contributed by atoms with E-state index in [9.17, 15) is 9.59 Å². The van der Waals surface area contributed by atoms with Gasteiger partial charge in [-0.25, -0.2) is 4.79 Å². The summed E-state index contributed by atoms with van der Waals surface area (Å²) >= 11 is 1.37. The van der Waals surface area contributed by atoms with Gasteiger partial charge in [-0.1, -0.05) is 0 Å². The van der Waals surface area contributed by atoms with E-state index in [0.29, 0.717) is 5.00 Å². The lowest BCUT2D eigenvalue weighted by Crippen LogP contribution is -2.32. The van der Waals surface area contributed by atoms with Gasteiger partial charge < -0.3 is 10.4 Å². The Balaban J connectivity index is 2.30. The molecule has 2 amide bonds. The molecule has 1 heterocycles. The summed E-state index contributed by atoms with van der Waals surface area (Å²) in [5.41, 5.74) is 0. The molecule has 6 heteroatoms. The first-order chi connectivity index (χ1) is 6.18. The Hall–Kier alpha value is -1.56. The van der Waals surface area contributed by atoms with Crippen molar-refractivity contribution >= 4 is 28.3 Å². The van der Waals surface area contributed by atoms with Gasteiger partial charge in [-0.05, 0) is 17.5 Å². The van der Waals surface area contributed by atoms with Crippen molar-refractivity contribution in [3.8, 4) is 0 Å². The zero-order valence-electron chi connectivity index (χ0n) is 6.61. The van der Waals surface area contributed by atoms with Crippen LogP contribution in [0.5, 0.6) is 0 Å². The van der Waals surface area contributed by atoms with E-state index in [1.807, 2.05) is 5.38 Å². The molecule has 0 fully saturated rings. The molecule has 0 bridgehead atoms. The monoisotopic (exact) mass is 200 g/mol. The quantitative estimate of drug-likeness (QED) is 0.679. The maximum absolute atomic E-state index is 10.9. The van der Waals surface area contributed by atoms with E-state index >= 15 is 0 Å². The molecule has 0 atom stereocenters. The average molecular weight is 200 g/mol. The summed E-state index contributed by atoms with van der Waals surface area (Å²) in [6.07, 6.45) is 0. The number of hydrogen-bond donors (Lipinski definition) is 3. The van der Waals surface area contributed by atoms with E-state index in [4.69, 9.17) is 5.11 Å². The maximum atomic E-state index is 10.9. The lowest BCUT2D eigenvalue weighted by molar-refractivity contribution is -0.135. The third kappa shape index (κ3) is 3.57. The number of carboxylic acid groups (broad SMARTS) is 1. The van der Waals surface area contributed by atoms with Crippen molar-refractivity contribution in [1.82, 2.24) is 5.32 Å². The molecule has 1 aromatic rings. The standard InChI is InChI=1S/C7H8N2O3S/c10-6(11)4-8-7(12)9-5-2-1-3-13-5/h1-3H,4H2,(H,10,11)(H2,8,9,12). The molecule has 0 aliphatic carbocycles. The number of urea groups is 1. The molecule has 0 aromatic carbocycles. The SMILES string of the molecule is O=C(O)CNC(=O)Nc1cccs1. The second kappa shape index (κ2) is 4.46. The fourth-order valence-electron chi connectivity index (χ4n) is 0.662. The Morgan fingerprint density at radius 1 is 1.54 bits per heavy atom. The number of amides is 2. The molecule has 0 unspecified atom stereocenters. The second-order valence-corrected chi connectivity index (χ2v) is 3.13. The number of thiophene rings is 1. The maximum Gasteiger partial charge on any atom is 0.323 e. The van der Waals surface area contributed by atoms with Gasteiger partial charge in [0, 0.05) is 0 Å². The van der Waals surface area contributed by atoms with Crippen molar-refractivity contribution in [1.29, 1.82) is 0 Å². The number of hydrogen-bond acceptors (Lipinski definition) is 3. The van der Waals surface area contributed by atoms with Crippen LogP contribution in [0, 0.1) is 0 Å². The van der Waals surface area contributed by atoms with Crippen LogP contribution < -0.4 is 10.6 Å². The van der Waals surface area contributed by atoms with Crippen LogP contribution in [-0.2, 0) is 4.79 Å².